The largest absolute Gasteiger partial charge is 0.485 e. The number of aryl methyl sites for hydroxylation is 1. The Morgan fingerprint density at radius 3 is 2.59 bits per heavy atom. The topological polar surface area (TPSA) is 94.1 Å². The van der Waals surface area contributed by atoms with Crippen molar-refractivity contribution in [1.29, 1.82) is 0 Å². The summed E-state index contributed by atoms with van der Waals surface area (Å²) in [7, 11) is -3.99. The third kappa shape index (κ3) is 6.12. The van der Waals surface area contributed by atoms with Crippen molar-refractivity contribution >= 4 is 33.3 Å². The van der Waals surface area contributed by atoms with Crippen LogP contribution in [-0.4, -0.2) is 45.4 Å². The Bertz CT molecular complexity index is 851. The third-order valence-electron chi connectivity index (χ3n) is 3.70. The van der Waals surface area contributed by atoms with Crippen LogP contribution in [0.1, 0.15) is 24.5 Å². The monoisotopic (exact) mass is 424 g/mol. The maximum Gasteiger partial charge on any atom is 0.305 e. The number of nitrogens with one attached hydrogen (secondary N) is 1. The Labute approximate surface area is 160 Å². The maximum absolute atomic E-state index is 13.7. The fourth-order valence-corrected chi connectivity index (χ4v) is 3.18. The average Bonchev–Trinajstić information content (AvgIpc) is 2.51. The number of ether oxygens (including phenoxy) is 1. The molecule has 27 heavy (non-hydrogen) atoms. The molecule has 0 fully saturated rings. The van der Waals surface area contributed by atoms with Gasteiger partial charge in [0.15, 0.2) is 6.61 Å². The fourth-order valence-electron chi connectivity index (χ4n) is 2.48. The molecule has 0 spiro atoms. The zero-order valence-corrected chi connectivity index (χ0v) is 16.5. The standard InChI is InChI=1S/C16H19ClF2N2O5S/c1-9-5-13(22)20-21-14(9)11-4-10(2)15(12(17)6-11)25-7-16(18,19)8-26-27(3,23)24/h4,6,9H,5,7-8H2,1-3H3,(H,20,22). The summed E-state index contributed by atoms with van der Waals surface area (Å²) in [5, 5.41) is 4.12. The minimum atomic E-state index is -3.99. The number of nitrogens with zero attached hydrogens (tertiary/aromatic N) is 1. The van der Waals surface area contributed by atoms with Gasteiger partial charge in [-0.05, 0) is 24.6 Å². The molecule has 0 saturated carbocycles. The molecule has 1 aromatic rings. The van der Waals surface area contributed by atoms with Crippen molar-refractivity contribution in [2.24, 2.45) is 11.0 Å². The first kappa shape index (κ1) is 21.5. The highest BCUT2D eigenvalue weighted by Crippen LogP contribution is 2.33. The predicted molar refractivity (Wildman–Crippen MR) is 95.9 cm³/mol. The molecule has 0 bridgehead atoms. The second-order valence-corrected chi connectivity index (χ2v) is 8.40. The fraction of sp³-hybridized carbons (Fsp3) is 0.500. The van der Waals surface area contributed by atoms with Crippen LogP contribution in [0.25, 0.3) is 0 Å². The number of hydrazone groups is 1. The van der Waals surface area contributed by atoms with E-state index in [4.69, 9.17) is 16.3 Å². The first-order valence-electron chi connectivity index (χ1n) is 7.90. The Balaban J connectivity index is 2.14. The van der Waals surface area contributed by atoms with Gasteiger partial charge in [-0.15, -0.1) is 0 Å². The molecule has 1 aromatic carbocycles. The lowest BCUT2D eigenvalue weighted by Gasteiger charge is -2.21. The summed E-state index contributed by atoms with van der Waals surface area (Å²) < 4.78 is 58.4. The van der Waals surface area contributed by atoms with Gasteiger partial charge < -0.3 is 4.74 Å². The van der Waals surface area contributed by atoms with E-state index in [1.165, 1.54) is 6.07 Å². The lowest BCUT2D eigenvalue weighted by atomic mass is 9.93. The molecule has 1 unspecified atom stereocenters. The maximum atomic E-state index is 13.7. The van der Waals surface area contributed by atoms with E-state index in [0.29, 0.717) is 23.1 Å². The minimum absolute atomic E-state index is 0.0487. The van der Waals surface area contributed by atoms with E-state index < -0.39 is 29.3 Å². The van der Waals surface area contributed by atoms with Gasteiger partial charge >= 0.3 is 5.92 Å². The van der Waals surface area contributed by atoms with Crippen molar-refractivity contribution in [3.05, 3.63) is 28.3 Å². The van der Waals surface area contributed by atoms with Crippen LogP contribution >= 0.6 is 11.6 Å². The van der Waals surface area contributed by atoms with Crippen LogP contribution < -0.4 is 10.2 Å². The highest BCUT2D eigenvalue weighted by atomic mass is 35.5. The molecule has 0 aliphatic carbocycles. The van der Waals surface area contributed by atoms with Crippen LogP contribution in [-0.2, 0) is 19.1 Å². The van der Waals surface area contributed by atoms with E-state index in [9.17, 15) is 22.0 Å². The molecule has 1 aliphatic heterocycles. The Morgan fingerprint density at radius 2 is 2.04 bits per heavy atom. The summed E-state index contributed by atoms with van der Waals surface area (Å²) in [6, 6.07) is 3.18. The first-order chi connectivity index (χ1) is 12.4. The molecule has 7 nitrogen and oxygen atoms in total. The molecule has 0 aromatic heterocycles. The summed E-state index contributed by atoms with van der Waals surface area (Å²) in [5.74, 6) is -3.79. The van der Waals surface area contributed by atoms with Gasteiger partial charge in [-0.25, -0.2) is 14.2 Å². The molecule has 1 amide bonds. The van der Waals surface area contributed by atoms with Gasteiger partial charge in [0.2, 0.25) is 5.91 Å². The number of rotatable bonds is 7. The van der Waals surface area contributed by atoms with Gasteiger partial charge in [-0.3, -0.25) is 8.98 Å². The highest BCUT2D eigenvalue weighted by Gasteiger charge is 2.33. The molecule has 1 heterocycles. The van der Waals surface area contributed by atoms with Gasteiger partial charge in [0.05, 0.1) is 17.0 Å². The molecule has 0 radical (unpaired) electrons. The molecule has 150 valence electrons. The van der Waals surface area contributed by atoms with E-state index in [1.54, 1.807) is 13.0 Å². The van der Waals surface area contributed by atoms with Crippen LogP contribution in [0, 0.1) is 12.8 Å². The quantitative estimate of drug-likeness (QED) is 0.679. The molecule has 11 heteroatoms. The van der Waals surface area contributed by atoms with E-state index in [0.717, 1.165) is 0 Å². The normalized spacial score (nSPS) is 18.1. The molecule has 0 saturated heterocycles. The van der Waals surface area contributed by atoms with Crippen molar-refractivity contribution in [3.63, 3.8) is 0 Å². The second-order valence-electron chi connectivity index (χ2n) is 6.35. The van der Waals surface area contributed by atoms with Crippen molar-refractivity contribution in [3.8, 4) is 5.75 Å². The number of halogens is 3. The zero-order valence-electron chi connectivity index (χ0n) is 14.9. The zero-order chi connectivity index (χ0) is 20.4. The third-order valence-corrected chi connectivity index (χ3v) is 4.52. The molecule has 1 atom stereocenters. The predicted octanol–water partition coefficient (Wildman–Crippen LogP) is 2.50. The summed E-state index contributed by atoms with van der Waals surface area (Å²) in [4.78, 5) is 11.3. The lowest BCUT2D eigenvalue weighted by Crippen LogP contribution is -2.33. The lowest BCUT2D eigenvalue weighted by molar-refractivity contribution is -0.121. The summed E-state index contributed by atoms with van der Waals surface area (Å²) in [6.45, 7) is 1.04. The smallest absolute Gasteiger partial charge is 0.305 e. The van der Waals surface area contributed by atoms with Gasteiger partial charge in [-0.2, -0.15) is 13.5 Å². The number of carbonyl (C=O) groups excluding carboxylic acids is 1. The number of hydrogen-bond donors (Lipinski definition) is 1. The number of carbonyl (C=O) groups is 1. The summed E-state index contributed by atoms with van der Waals surface area (Å²) in [5.41, 5.74) is 4.15. The first-order valence-corrected chi connectivity index (χ1v) is 10.1. The summed E-state index contributed by atoms with van der Waals surface area (Å²) in [6.07, 6.45) is 0.960. The SMILES string of the molecule is Cc1cc(C2=NNC(=O)CC2C)cc(Cl)c1OCC(F)(F)COS(C)(=O)=O. The van der Waals surface area contributed by atoms with Gasteiger partial charge in [0.1, 0.15) is 12.4 Å². The van der Waals surface area contributed by atoms with E-state index in [-0.39, 0.29) is 29.0 Å². The molecular formula is C16H19ClF2N2O5S. The number of alkyl halides is 2. The van der Waals surface area contributed by atoms with Gasteiger partial charge in [0.25, 0.3) is 10.1 Å². The number of hydrogen-bond acceptors (Lipinski definition) is 6. The Morgan fingerprint density at radius 1 is 1.37 bits per heavy atom. The molecular weight excluding hydrogens is 406 g/mol. The minimum Gasteiger partial charge on any atom is -0.485 e. The molecule has 1 N–H and O–H groups in total. The van der Waals surface area contributed by atoms with Crippen molar-refractivity contribution in [2.75, 3.05) is 19.5 Å². The van der Waals surface area contributed by atoms with Crippen molar-refractivity contribution in [2.45, 2.75) is 26.2 Å². The van der Waals surface area contributed by atoms with E-state index >= 15 is 0 Å². The van der Waals surface area contributed by atoms with Gasteiger partial charge in [-0.1, -0.05) is 18.5 Å². The number of amides is 1. The molecule has 2 rings (SSSR count). The highest BCUT2D eigenvalue weighted by molar-refractivity contribution is 7.85. The number of benzene rings is 1. The Hall–Kier alpha value is -1.78. The average molecular weight is 425 g/mol. The van der Waals surface area contributed by atoms with Crippen molar-refractivity contribution < 1.29 is 30.9 Å². The van der Waals surface area contributed by atoms with Crippen LogP contribution in [0.5, 0.6) is 5.75 Å². The van der Waals surface area contributed by atoms with Crippen LogP contribution in [0.3, 0.4) is 0 Å². The van der Waals surface area contributed by atoms with E-state index in [2.05, 4.69) is 14.7 Å². The summed E-state index contributed by atoms with van der Waals surface area (Å²) >= 11 is 6.17. The van der Waals surface area contributed by atoms with Crippen LogP contribution in [0.2, 0.25) is 5.02 Å². The second kappa shape index (κ2) is 8.07. The molecule has 1 aliphatic rings. The van der Waals surface area contributed by atoms with Crippen molar-refractivity contribution in [1.82, 2.24) is 5.43 Å². The van der Waals surface area contributed by atoms with Crippen LogP contribution in [0.15, 0.2) is 17.2 Å². The van der Waals surface area contributed by atoms with Crippen LogP contribution in [0.4, 0.5) is 8.78 Å². The Kier molecular flexibility index (Phi) is 6.43. The van der Waals surface area contributed by atoms with E-state index in [1.807, 2.05) is 6.92 Å². The van der Waals surface area contributed by atoms with Gasteiger partial charge in [0, 0.05) is 17.9 Å².